The van der Waals surface area contributed by atoms with Crippen LogP contribution in [0.2, 0.25) is 0 Å². The number of aromatic carboxylic acids is 1. The van der Waals surface area contributed by atoms with Crippen LogP contribution in [0.15, 0.2) is 48.5 Å². The van der Waals surface area contributed by atoms with Crippen molar-refractivity contribution in [3.8, 4) is 0 Å². The number of piperidine rings is 1. The van der Waals surface area contributed by atoms with Crippen LogP contribution in [0.1, 0.15) is 59.2 Å². The molecule has 2 aromatic carbocycles. The number of fused-ring (bicyclic) bond motifs is 1. The lowest BCUT2D eigenvalue weighted by molar-refractivity contribution is -0.137. The fraction of sp³-hybridized carbons (Fsp3) is 0.440. The first-order chi connectivity index (χ1) is 15.7. The van der Waals surface area contributed by atoms with E-state index >= 15 is 0 Å². The van der Waals surface area contributed by atoms with Crippen molar-refractivity contribution in [3.63, 3.8) is 0 Å². The lowest BCUT2D eigenvalue weighted by Crippen LogP contribution is -2.52. The monoisotopic (exact) mass is 458 g/mol. The molecule has 1 heterocycles. The highest BCUT2D eigenvalue weighted by Gasteiger charge is 2.52. The van der Waals surface area contributed by atoms with Gasteiger partial charge in [0.2, 0.25) is 5.91 Å². The Kier molecular flexibility index (Phi) is 5.23. The Hall–Kier alpha value is -2.87. The largest absolute Gasteiger partial charge is 0.478 e. The van der Waals surface area contributed by atoms with Crippen LogP contribution in [-0.4, -0.2) is 34.0 Å². The van der Waals surface area contributed by atoms with Crippen LogP contribution in [-0.2, 0) is 23.1 Å². The molecule has 2 N–H and O–H groups in total. The maximum atomic E-state index is 13.4. The first kappa shape index (κ1) is 21.9. The van der Waals surface area contributed by atoms with Gasteiger partial charge in [0.05, 0.1) is 22.7 Å². The zero-order valence-corrected chi connectivity index (χ0v) is 17.9. The number of carboxylic acid groups (broad SMARTS) is 1. The Bertz CT molecular complexity index is 1060. The summed E-state index contributed by atoms with van der Waals surface area (Å²) in [7, 11) is 0. The second-order valence-corrected chi connectivity index (χ2v) is 9.48. The third-order valence-corrected chi connectivity index (χ3v) is 7.27. The Morgan fingerprint density at radius 2 is 1.70 bits per heavy atom. The van der Waals surface area contributed by atoms with Gasteiger partial charge in [0.1, 0.15) is 0 Å². The summed E-state index contributed by atoms with van der Waals surface area (Å²) in [5.41, 5.74) is 0.729. The minimum Gasteiger partial charge on any atom is -0.478 e. The average Bonchev–Trinajstić information content (AvgIpc) is 3.69. The van der Waals surface area contributed by atoms with Crippen molar-refractivity contribution in [2.45, 2.75) is 62.4 Å². The molecule has 1 aliphatic heterocycles. The number of nitrogens with one attached hydrogen (secondary N) is 1. The molecule has 5 nitrogen and oxygen atoms in total. The molecule has 0 radical (unpaired) electrons. The predicted molar refractivity (Wildman–Crippen MR) is 114 cm³/mol. The number of benzene rings is 2. The molecular weight excluding hydrogens is 433 g/mol. The lowest BCUT2D eigenvalue weighted by Gasteiger charge is -2.36. The van der Waals surface area contributed by atoms with E-state index in [9.17, 15) is 22.8 Å². The number of likely N-dealkylation sites (tertiary alicyclic amines) is 1. The van der Waals surface area contributed by atoms with E-state index in [1.807, 2.05) is 0 Å². The molecule has 3 fully saturated rings. The number of carbonyl (C=O) groups is 2. The summed E-state index contributed by atoms with van der Waals surface area (Å²) in [6.07, 6.45) is -0.0545. The van der Waals surface area contributed by atoms with Crippen LogP contribution in [0.25, 0.3) is 0 Å². The maximum Gasteiger partial charge on any atom is 0.416 e. The molecule has 1 saturated heterocycles. The molecule has 0 aromatic heterocycles. The van der Waals surface area contributed by atoms with Gasteiger partial charge in [-0.05, 0) is 73.4 Å². The van der Waals surface area contributed by atoms with E-state index in [1.54, 1.807) is 24.3 Å². The SMILES string of the molecule is O=C(O)c1ccc(C2(NC(=O)[C@H]3CC[C@@H]4C[C@@H]4N3Cc3ccc(C(F)(F)F)cc3)CC2)cc1. The summed E-state index contributed by atoms with van der Waals surface area (Å²) in [5.74, 6) is -0.496. The van der Waals surface area contributed by atoms with E-state index in [0.717, 1.165) is 55.4 Å². The van der Waals surface area contributed by atoms with E-state index in [-0.39, 0.29) is 17.5 Å². The van der Waals surface area contributed by atoms with Crippen LogP contribution in [0.5, 0.6) is 0 Å². The summed E-state index contributed by atoms with van der Waals surface area (Å²) in [6, 6.07) is 11.8. The number of hydrogen-bond acceptors (Lipinski definition) is 3. The van der Waals surface area contributed by atoms with Gasteiger partial charge in [-0.1, -0.05) is 24.3 Å². The van der Waals surface area contributed by atoms with E-state index in [0.29, 0.717) is 18.5 Å². The molecule has 5 rings (SSSR count). The molecule has 174 valence electrons. The Morgan fingerprint density at radius 1 is 1.03 bits per heavy atom. The third kappa shape index (κ3) is 4.36. The van der Waals surface area contributed by atoms with Crippen LogP contribution >= 0.6 is 0 Å². The highest BCUT2D eigenvalue weighted by atomic mass is 19.4. The molecule has 2 aromatic rings. The lowest BCUT2D eigenvalue weighted by atomic mass is 9.98. The average molecular weight is 458 g/mol. The predicted octanol–water partition coefficient (Wildman–Crippen LogP) is 4.56. The molecule has 2 aliphatic carbocycles. The van der Waals surface area contributed by atoms with Gasteiger partial charge in [0.15, 0.2) is 0 Å². The quantitative estimate of drug-likeness (QED) is 0.666. The van der Waals surface area contributed by atoms with E-state index in [4.69, 9.17) is 5.11 Å². The molecule has 2 saturated carbocycles. The minimum absolute atomic E-state index is 0.0629. The van der Waals surface area contributed by atoms with Gasteiger partial charge in [0, 0.05) is 12.6 Å². The number of rotatable bonds is 6. The fourth-order valence-electron chi connectivity index (χ4n) is 5.10. The maximum absolute atomic E-state index is 13.4. The van der Waals surface area contributed by atoms with Gasteiger partial charge < -0.3 is 10.4 Å². The summed E-state index contributed by atoms with van der Waals surface area (Å²) >= 11 is 0. The Morgan fingerprint density at radius 3 is 2.27 bits per heavy atom. The molecular formula is C25H25F3N2O3. The molecule has 3 aliphatic rings. The molecule has 0 unspecified atom stereocenters. The molecule has 0 spiro atoms. The minimum atomic E-state index is -4.37. The zero-order chi connectivity index (χ0) is 23.4. The van der Waals surface area contributed by atoms with Crippen molar-refractivity contribution in [2.24, 2.45) is 5.92 Å². The summed E-state index contributed by atoms with van der Waals surface area (Å²) in [4.78, 5) is 26.6. The van der Waals surface area contributed by atoms with Crippen molar-refractivity contribution in [1.82, 2.24) is 10.2 Å². The third-order valence-electron chi connectivity index (χ3n) is 7.27. The Balaban J connectivity index is 1.30. The van der Waals surface area contributed by atoms with Crippen molar-refractivity contribution in [1.29, 1.82) is 0 Å². The van der Waals surface area contributed by atoms with Gasteiger partial charge >= 0.3 is 12.1 Å². The Labute approximate surface area is 189 Å². The van der Waals surface area contributed by atoms with Gasteiger partial charge in [-0.25, -0.2) is 4.79 Å². The van der Waals surface area contributed by atoms with Crippen molar-refractivity contribution in [3.05, 3.63) is 70.8 Å². The first-order valence-electron chi connectivity index (χ1n) is 11.2. The second-order valence-electron chi connectivity index (χ2n) is 9.48. The smallest absolute Gasteiger partial charge is 0.416 e. The van der Waals surface area contributed by atoms with Crippen molar-refractivity contribution >= 4 is 11.9 Å². The molecule has 8 heteroatoms. The summed E-state index contributed by atoms with van der Waals surface area (Å²) < 4.78 is 38.7. The number of alkyl halides is 3. The van der Waals surface area contributed by atoms with Crippen LogP contribution in [0.4, 0.5) is 13.2 Å². The summed E-state index contributed by atoms with van der Waals surface area (Å²) in [6.45, 7) is 0.442. The molecule has 3 atom stereocenters. The zero-order valence-electron chi connectivity index (χ0n) is 17.9. The van der Waals surface area contributed by atoms with E-state index < -0.39 is 23.2 Å². The number of halogens is 3. The van der Waals surface area contributed by atoms with Gasteiger partial charge in [0.25, 0.3) is 0 Å². The number of carboxylic acids is 1. The summed E-state index contributed by atoms with van der Waals surface area (Å²) in [5, 5.41) is 12.3. The normalized spacial score (nSPS) is 25.7. The van der Waals surface area contributed by atoms with Crippen LogP contribution in [0, 0.1) is 5.92 Å². The van der Waals surface area contributed by atoms with E-state index in [2.05, 4.69) is 10.2 Å². The van der Waals surface area contributed by atoms with Crippen molar-refractivity contribution < 1.29 is 27.9 Å². The molecule has 33 heavy (non-hydrogen) atoms. The standard InChI is InChI=1S/C25H25F3N2O3/c26-25(27,28)19-6-1-15(2-7-19)14-30-20(10-5-17-13-21(17)30)22(31)29-24(11-12-24)18-8-3-16(4-9-18)23(32)33/h1-4,6-9,17,20-21H,5,10-14H2,(H,29,31)(H,32,33)/t17-,20-,21+/m1/s1. The number of amides is 1. The van der Waals surface area contributed by atoms with E-state index in [1.165, 1.54) is 12.1 Å². The van der Waals surface area contributed by atoms with Crippen LogP contribution < -0.4 is 5.32 Å². The highest BCUT2D eigenvalue weighted by molar-refractivity contribution is 5.87. The van der Waals surface area contributed by atoms with Gasteiger partial charge in [-0.3, -0.25) is 9.69 Å². The van der Waals surface area contributed by atoms with Gasteiger partial charge in [-0.15, -0.1) is 0 Å². The van der Waals surface area contributed by atoms with Crippen molar-refractivity contribution in [2.75, 3.05) is 0 Å². The van der Waals surface area contributed by atoms with Crippen LogP contribution in [0.3, 0.4) is 0 Å². The fourth-order valence-corrected chi connectivity index (χ4v) is 5.10. The second kappa shape index (κ2) is 7.87. The topological polar surface area (TPSA) is 69.6 Å². The number of carbonyl (C=O) groups excluding carboxylic acids is 1. The first-order valence-corrected chi connectivity index (χ1v) is 11.2. The molecule has 1 amide bonds. The molecule has 0 bridgehead atoms. The number of hydrogen-bond donors (Lipinski definition) is 2. The van der Waals surface area contributed by atoms with Gasteiger partial charge in [-0.2, -0.15) is 13.2 Å². The highest BCUT2D eigenvalue weighted by Crippen LogP contribution is 2.48. The number of nitrogens with zero attached hydrogens (tertiary/aromatic N) is 1.